The predicted octanol–water partition coefficient (Wildman–Crippen LogP) is 2.84. The number of fused-ring (bicyclic) bond motifs is 1. The Bertz CT molecular complexity index is 732. The summed E-state index contributed by atoms with van der Waals surface area (Å²) in [6.45, 7) is 2.91. The van der Waals surface area contributed by atoms with Gasteiger partial charge in [-0.05, 0) is 53.9 Å². The van der Waals surface area contributed by atoms with Crippen molar-refractivity contribution in [2.75, 3.05) is 25.0 Å². The Morgan fingerprint density at radius 2 is 2.26 bits per heavy atom. The van der Waals surface area contributed by atoms with E-state index in [9.17, 15) is 4.79 Å². The van der Waals surface area contributed by atoms with E-state index in [1.165, 1.54) is 0 Å². The first-order chi connectivity index (χ1) is 11.2. The van der Waals surface area contributed by atoms with Crippen LogP contribution >= 0.6 is 15.9 Å². The lowest BCUT2D eigenvalue weighted by Crippen LogP contribution is -2.46. The van der Waals surface area contributed by atoms with E-state index in [-0.39, 0.29) is 5.92 Å². The van der Waals surface area contributed by atoms with Crippen molar-refractivity contribution in [1.82, 2.24) is 14.9 Å². The monoisotopic (exact) mass is 378 g/mol. The SMILES string of the molecule is O=C1CCC1CN1CCC[C@@H](Nc2nc3nc(Br)ccc3o2)C1. The molecule has 1 unspecified atom stereocenters. The van der Waals surface area contributed by atoms with E-state index in [1.807, 2.05) is 12.1 Å². The molecule has 1 N–H and O–H groups in total. The average molecular weight is 379 g/mol. The van der Waals surface area contributed by atoms with Crippen LogP contribution in [0.5, 0.6) is 0 Å². The Morgan fingerprint density at radius 3 is 3.04 bits per heavy atom. The standard InChI is InChI=1S/C16H19BrN4O2/c17-14-6-5-13-15(19-14)20-16(23-13)18-11-2-1-7-21(9-11)8-10-3-4-12(10)22/h5-6,10-11H,1-4,7-9H2,(H,18,19,20)/t10?,11-/m1/s1. The number of likely N-dealkylation sites (tertiary alicyclic amines) is 1. The van der Waals surface area contributed by atoms with E-state index in [4.69, 9.17) is 4.42 Å². The minimum Gasteiger partial charge on any atom is -0.422 e. The maximum Gasteiger partial charge on any atom is 0.297 e. The summed E-state index contributed by atoms with van der Waals surface area (Å²) < 4.78 is 6.46. The number of aromatic nitrogens is 2. The summed E-state index contributed by atoms with van der Waals surface area (Å²) in [5.41, 5.74) is 1.29. The molecule has 7 heteroatoms. The summed E-state index contributed by atoms with van der Waals surface area (Å²) in [6, 6.07) is 4.53. The van der Waals surface area contributed by atoms with E-state index in [1.54, 1.807) is 0 Å². The third-order valence-electron chi connectivity index (χ3n) is 4.73. The highest BCUT2D eigenvalue weighted by Crippen LogP contribution is 2.26. The maximum atomic E-state index is 11.5. The molecule has 2 aromatic rings. The van der Waals surface area contributed by atoms with Crippen molar-refractivity contribution in [3.8, 4) is 0 Å². The lowest BCUT2D eigenvalue weighted by Gasteiger charge is -2.36. The van der Waals surface area contributed by atoms with Crippen molar-refractivity contribution in [1.29, 1.82) is 0 Å². The molecule has 1 aliphatic carbocycles. The first-order valence-electron chi connectivity index (χ1n) is 8.12. The van der Waals surface area contributed by atoms with Gasteiger partial charge < -0.3 is 14.6 Å². The Balaban J connectivity index is 1.39. The number of piperidine rings is 1. The van der Waals surface area contributed by atoms with Crippen molar-refractivity contribution < 1.29 is 9.21 Å². The molecule has 4 rings (SSSR count). The molecule has 2 aromatic heterocycles. The minimum absolute atomic E-state index is 0.264. The number of ketones is 1. The highest BCUT2D eigenvalue weighted by atomic mass is 79.9. The van der Waals surface area contributed by atoms with Crippen molar-refractivity contribution >= 4 is 39.0 Å². The average Bonchev–Trinajstić information content (AvgIpc) is 2.93. The van der Waals surface area contributed by atoms with Crippen molar-refractivity contribution in [2.45, 2.75) is 31.7 Å². The zero-order valence-electron chi connectivity index (χ0n) is 12.8. The fourth-order valence-electron chi connectivity index (χ4n) is 3.34. The molecule has 3 heterocycles. The van der Waals surface area contributed by atoms with Gasteiger partial charge >= 0.3 is 0 Å². The number of Topliss-reactive ketones (excluding diaryl/α,β-unsaturated/α-hetero) is 1. The summed E-state index contributed by atoms with van der Waals surface area (Å²) in [4.78, 5) is 22.6. The van der Waals surface area contributed by atoms with E-state index in [2.05, 4.69) is 36.1 Å². The fraction of sp³-hybridized carbons (Fsp3) is 0.562. The topological polar surface area (TPSA) is 71.3 Å². The second kappa shape index (κ2) is 6.20. The minimum atomic E-state index is 0.264. The molecule has 0 aromatic carbocycles. The van der Waals surface area contributed by atoms with E-state index < -0.39 is 0 Å². The normalized spacial score (nSPS) is 25.5. The summed E-state index contributed by atoms with van der Waals surface area (Å²) in [5, 5.41) is 3.38. The number of hydrogen-bond donors (Lipinski definition) is 1. The van der Waals surface area contributed by atoms with Gasteiger partial charge in [-0.15, -0.1) is 0 Å². The summed E-state index contributed by atoms with van der Waals surface area (Å²) in [5.74, 6) is 0.690. The molecule has 2 aliphatic rings. The zero-order chi connectivity index (χ0) is 15.8. The maximum absolute atomic E-state index is 11.5. The first kappa shape index (κ1) is 15.1. The molecule has 0 bridgehead atoms. The van der Waals surface area contributed by atoms with Crippen LogP contribution in [0.15, 0.2) is 21.2 Å². The molecule has 23 heavy (non-hydrogen) atoms. The molecular weight excluding hydrogens is 360 g/mol. The molecule has 6 nitrogen and oxygen atoms in total. The molecule has 2 fully saturated rings. The summed E-state index contributed by atoms with van der Waals surface area (Å²) >= 11 is 3.34. The van der Waals surface area contributed by atoms with Gasteiger partial charge in [-0.25, -0.2) is 4.98 Å². The number of oxazole rings is 1. The lowest BCUT2D eigenvalue weighted by atomic mass is 9.83. The van der Waals surface area contributed by atoms with Gasteiger partial charge in [-0.1, -0.05) is 0 Å². The van der Waals surface area contributed by atoms with Gasteiger partial charge in [-0.3, -0.25) is 4.79 Å². The molecule has 2 atom stereocenters. The van der Waals surface area contributed by atoms with Crippen LogP contribution in [0.2, 0.25) is 0 Å². The van der Waals surface area contributed by atoms with Crippen LogP contribution in [0, 0.1) is 5.92 Å². The van der Waals surface area contributed by atoms with Crippen molar-refractivity contribution in [3.05, 3.63) is 16.7 Å². The molecule has 1 saturated carbocycles. The van der Waals surface area contributed by atoms with Gasteiger partial charge in [0.2, 0.25) is 5.65 Å². The van der Waals surface area contributed by atoms with Crippen LogP contribution in [0.25, 0.3) is 11.2 Å². The molecular formula is C16H19BrN4O2. The number of carbonyl (C=O) groups excluding carboxylic acids is 1. The number of pyridine rings is 1. The summed E-state index contributed by atoms with van der Waals surface area (Å²) in [7, 11) is 0. The van der Waals surface area contributed by atoms with Gasteiger partial charge in [0.05, 0.1) is 0 Å². The van der Waals surface area contributed by atoms with Gasteiger partial charge in [0.15, 0.2) is 5.58 Å². The Labute approximate surface area is 142 Å². The quantitative estimate of drug-likeness (QED) is 0.824. The third kappa shape index (κ3) is 3.26. The molecule has 1 saturated heterocycles. The third-order valence-corrected chi connectivity index (χ3v) is 5.17. The van der Waals surface area contributed by atoms with Gasteiger partial charge in [0.25, 0.3) is 6.01 Å². The Morgan fingerprint density at radius 1 is 1.35 bits per heavy atom. The van der Waals surface area contributed by atoms with Crippen LogP contribution in [-0.4, -0.2) is 46.3 Å². The van der Waals surface area contributed by atoms with E-state index in [0.717, 1.165) is 49.9 Å². The predicted molar refractivity (Wildman–Crippen MR) is 90.3 cm³/mol. The fourth-order valence-corrected chi connectivity index (χ4v) is 3.64. The number of nitrogens with zero attached hydrogens (tertiary/aromatic N) is 3. The first-order valence-corrected chi connectivity index (χ1v) is 8.91. The van der Waals surface area contributed by atoms with Crippen LogP contribution in [-0.2, 0) is 4.79 Å². The largest absolute Gasteiger partial charge is 0.422 e. The molecule has 1 aliphatic heterocycles. The zero-order valence-corrected chi connectivity index (χ0v) is 14.4. The van der Waals surface area contributed by atoms with Gasteiger partial charge in [-0.2, -0.15) is 4.98 Å². The number of carbonyl (C=O) groups is 1. The van der Waals surface area contributed by atoms with Crippen LogP contribution < -0.4 is 5.32 Å². The van der Waals surface area contributed by atoms with Crippen LogP contribution in [0.4, 0.5) is 6.01 Å². The highest BCUT2D eigenvalue weighted by molar-refractivity contribution is 9.10. The molecule has 0 amide bonds. The van der Waals surface area contributed by atoms with E-state index >= 15 is 0 Å². The highest BCUT2D eigenvalue weighted by Gasteiger charge is 2.31. The number of nitrogens with one attached hydrogen (secondary N) is 1. The van der Waals surface area contributed by atoms with Crippen LogP contribution in [0.1, 0.15) is 25.7 Å². The Kier molecular flexibility index (Phi) is 4.07. The second-order valence-corrected chi connectivity index (χ2v) is 7.23. The van der Waals surface area contributed by atoms with Gasteiger partial charge in [0, 0.05) is 31.5 Å². The smallest absolute Gasteiger partial charge is 0.297 e. The van der Waals surface area contributed by atoms with Crippen LogP contribution in [0.3, 0.4) is 0 Å². The number of anilines is 1. The van der Waals surface area contributed by atoms with E-state index in [0.29, 0.717) is 29.1 Å². The molecule has 0 radical (unpaired) electrons. The summed E-state index contributed by atoms with van der Waals surface area (Å²) in [6.07, 6.45) is 4.04. The molecule has 122 valence electrons. The second-order valence-electron chi connectivity index (χ2n) is 6.42. The number of hydrogen-bond acceptors (Lipinski definition) is 6. The lowest BCUT2D eigenvalue weighted by molar-refractivity contribution is -0.130. The Hall–Kier alpha value is -1.47. The van der Waals surface area contributed by atoms with Gasteiger partial charge in [0.1, 0.15) is 10.4 Å². The van der Waals surface area contributed by atoms with Crippen molar-refractivity contribution in [3.63, 3.8) is 0 Å². The number of halogens is 1. The molecule has 0 spiro atoms. The van der Waals surface area contributed by atoms with Crippen molar-refractivity contribution in [2.24, 2.45) is 5.92 Å². The number of rotatable bonds is 4.